The molecule has 1 saturated carbocycles. The number of carbonyl (C=O) groups excluding carboxylic acids is 1. The Balaban J connectivity index is 1.46. The molecule has 1 aliphatic carbocycles. The second kappa shape index (κ2) is 4.58. The van der Waals surface area contributed by atoms with Gasteiger partial charge in [-0.3, -0.25) is 9.78 Å². The van der Waals surface area contributed by atoms with Crippen LogP contribution in [0.15, 0.2) is 24.8 Å². The molecule has 5 heteroatoms. The van der Waals surface area contributed by atoms with Crippen molar-refractivity contribution in [1.82, 2.24) is 19.4 Å². The highest BCUT2D eigenvalue weighted by atomic mass is 16.2. The molecule has 1 atom stereocenters. The minimum Gasteiger partial charge on any atom is -0.342 e. The third kappa shape index (κ3) is 2.07. The molecule has 0 radical (unpaired) electrons. The van der Waals surface area contributed by atoms with E-state index < -0.39 is 0 Å². The Hall–Kier alpha value is -1.91. The van der Waals surface area contributed by atoms with E-state index in [2.05, 4.69) is 19.4 Å². The van der Waals surface area contributed by atoms with Crippen LogP contribution in [-0.4, -0.2) is 38.4 Å². The molecule has 20 heavy (non-hydrogen) atoms. The monoisotopic (exact) mass is 270 g/mol. The predicted octanol–water partition coefficient (Wildman–Crippen LogP) is 1.69. The zero-order valence-corrected chi connectivity index (χ0v) is 11.4. The van der Waals surface area contributed by atoms with Gasteiger partial charge in [-0.15, -0.1) is 0 Å². The van der Waals surface area contributed by atoms with Gasteiger partial charge >= 0.3 is 0 Å². The zero-order chi connectivity index (χ0) is 13.5. The van der Waals surface area contributed by atoms with Gasteiger partial charge in [-0.05, 0) is 31.2 Å². The van der Waals surface area contributed by atoms with Crippen molar-refractivity contribution < 1.29 is 4.79 Å². The average Bonchev–Trinajstić information content (AvgIpc) is 3.10. The van der Waals surface area contributed by atoms with Crippen LogP contribution in [0.4, 0.5) is 0 Å². The number of hydrogen-bond donors (Lipinski definition) is 0. The summed E-state index contributed by atoms with van der Waals surface area (Å²) in [5, 5.41) is 0. The topological polar surface area (TPSA) is 51.0 Å². The Morgan fingerprint density at radius 1 is 1.35 bits per heavy atom. The van der Waals surface area contributed by atoms with E-state index in [1.54, 1.807) is 12.4 Å². The Bertz CT molecular complexity index is 646. The van der Waals surface area contributed by atoms with Crippen molar-refractivity contribution in [1.29, 1.82) is 0 Å². The van der Waals surface area contributed by atoms with Gasteiger partial charge in [-0.1, -0.05) is 0 Å². The lowest BCUT2D eigenvalue weighted by molar-refractivity contribution is -0.131. The van der Waals surface area contributed by atoms with Crippen LogP contribution in [0.3, 0.4) is 0 Å². The normalized spacial score (nSPS) is 22.6. The van der Waals surface area contributed by atoms with E-state index in [9.17, 15) is 4.79 Å². The average molecular weight is 270 g/mol. The number of fused-ring (bicyclic) bond motifs is 1. The van der Waals surface area contributed by atoms with Gasteiger partial charge in [0.25, 0.3) is 0 Å². The molecule has 2 fully saturated rings. The second-order valence-corrected chi connectivity index (χ2v) is 5.97. The van der Waals surface area contributed by atoms with E-state index in [0.717, 1.165) is 49.9 Å². The summed E-state index contributed by atoms with van der Waals surface area (Å²) >= 11 is 0. The highest BCUT2D eigenvalue weighted by Crippen LogP contribution is 2.33. The Morgan fingerprint density at radius 3 is 3.10 bits per heavy atom. The number of likely N-dealkylation sites (tertiary alicyclic amines) is 1. The summed E-state index contributed by atoms with van der Waals surface area (Å²) in [6.07, 6.45) is 8.78. The van der Waals surface area contributed by atoms with Crippen molar-refractivity contribution in [2.45, 2.75) is 25.8 Å². The van der Waals surface area contributed by atoms with Gasteiger partial charge < -0.3 is 9.47 Å². The van der Waals surface area contributed by atoms with E-state index >= 15 is 0 Å². The number of imidazole rings is 1. The first kappa shape index (κ1) is 11.9. The van der Waals surface area contributed by atoms with Crippen molar-refractivity contribution in [3.05, 3.63) is 24.8 Å². The molecule has 1 amide bonds. The third-order valence-electron chi connectivity index (χ3n) is 4.40. The molecule has 4 rings (SSSR count). The van der Waals surface area contributed by atoms with Crippen LogP contribution in [0, 0.1) is 11.8 Å². The number of rotatable bonds is 3. The van der Waals surface area contributed by atoms with Crippen LogP contribution in [0.5, 0.6) is 0 Å². The highest BCUT2D eigenvalue weighted by Gasteiger charge is 2.36. The summed E-state index contributed by atoms with van der Waals surface area (Å²) in [5.74, 6) is 1.27. The van der Waals surface area contributed by atoms with Crippen LogP contribution in [0.1, 0.15) is 19.3 Å². The molecule has 1 aliphatic heterocycles. The van der Waals surface area contributed by atoms with Crippen LogP contribution in [0.2, 0.25) is 0 Å². The van der Waals surface area contributed by atoms with Crippen molar-refractivity contribution in [2.75, 3.05) is 13.1 Å². The number of aromatic nitrogens is 3. The lowest BCUT2D eigenvalue weighted by Crippen LogP contribution is -2.30. The lowest BCUT2D eigenvalue weighted by atomic mass is 10.1. The molecule has 1 unspecified atom stereocenters. The van der Waals surface area contributed by atoms with E-state index in [4.69, 9.17) is 0 Å². The van der Waals surface area contributed by atoms with E-state index in [1.807, 2.05) is 12.4 Å². The summed E-state index contributed by atoms with van der Waals surface area (Å²) in [6, 6.07) is 2.00. The van der Waals surface area contributed by atoms with Gasteiger partial charge in [0.2, 0.25) is 5.91 Å². The smallest absolute Gasteiger partial charge is 0.225 e. The van der Waals surface area contributed by atoms with Crippen LogP contribution < -0.4 is 0 Å². The summed E-state index contributed by atoms with van der Waals surface area (Å²) < 4.78 is 2.19. The maximum atomic E-state index is 12.1. The summed E-state index contributed by atoms with van der Waals surface area (Å²) in [5.41, 5.74) is 2.07. The molecule has 3 heterocycles. The van der Waals surface area contributed by atoms with Gasteiger partial charge in [-0.2, -0.15) is 0 Å². The highest BCUT2D eigenvalue weighted by molar-refractivity contribution is 5.81. The minimum atomic E-state index is 0.342. The van der Waals surface area contributed by atoms with Gasteiger partial charge in [0, 0.05) is 31.7 Å². The maximum Gasteiger partial charge on any atom is 0.225 e. The lowest BCUT2D eigenvalue weighted by Gasteiger charge is -2.16. The summed E-state index contributed by atoms with van der Waals surface area (Å²) in [4.78, 5) is 22.6. The van der Waals surface area contributed by atoms with Crippen molar-refractivity contribution >= 4 is 16.9 Å². The second-order valence-electron chi connectivity index (χ2n) is 5.97. The van der Waals surface area contributed by atoms with Crippen molar-refractivity contribution in [2.24, 2.45) is 11.8 Å². The number of nitrogens with zero attached hydrogens (tertiary/aromatic N) is 4. The first-order valence-corrected chi connectivity index (χ1v) is 7.35. The third-order valence-corrected chi connectivity index (χ3v) is 4.40. The fraction of sp³-hybridized carbons (Fsp3) is 0.533. The quantitative estimate of drug-likeness (QED) is 0.853. The molecule has 2 aromatic heterocycles. The summed E-state index contributed by atoms with van der Waals surface area (Å²) in [6.45, 7) is 2.77. The Kier molecular flexibility index (Phi) is 2.72. The van der Waals surface area contributed by atoms with Crippen molar-refractivity contribution in [3.8, 4) is 0 Å². The molecular formula is C15H18N4O. The van der Waals surface area contributed by atoms with Gasteiger partial charge in [0.05, 0.1) is 18.0 Å². The molecule has 1 saturated heterocycles. The largest absolute Gasteiger partial charge is 0.342 e. The standard InChI is InChI=1S/C15H18N4O/c20-15(12-1-2-12)18-6-4-11(8-18)9-19-10-17-13-7-16-5-3-14(13)19/h3,5,7,10-12H,1-2,4,6,8-9H2. The molecule has 5 nitrogen and oxygen atoms in total. The van der Waals surface area contributed by atoms with Gasteiger partial charge in [0.15, 0.2) is 0 Å². The SMILES string of the molecule is O=C(C1CC1)N1CCC(Cn2cnc3cnccc32)C1. The zero-order valence-electron chi connectivity index (χ0n) is 11.4. The number of hydrogen-bond acceptors (Lipinski definition) is 3. The van der Waals surface area contributed by atoms with Crippen LogP contribution in [0.25, 0.3) is 11.0 Å². The molecule has 0 aromatic carbocycles. The molecule has 2 aromatic rings. The maximum absolute atomic E-state index is 12.1. The van der Waals surface area contributed by atoms with Gasteiger partial charge in [0.1, 0.15) is 5.52 Å². The molecule has 0 bridgehead atoms. The van der Waals surface area contributed by atoms with E-state index in [1.165, 1.54) is 0 Å². The predicted molar refractivity (Wildman–Crippen MR) is 74.9 cm³/mol. The first-order valence-electron chi connectivity index (χ1n) is 7.35. The van der Waals surface area contributed by atoms with Crippen molar-refractivity contribution in [3.63, 3.8) is 0 Å². The van der Waals surface area contributed by atoms with Crippen LogP contribution in [-0.2, 0) is 11.3 Å². The Labute approximate surface area is 117 Å². The number of carbonyl (C=O) groups is 1. The molecule has 0 N–H and O–H groups in total. The van der Waals surface area contributed by atoms with E-state index in [-0.39, 0.29) is 0 Å². The van der Waals surface area contributed by atoms with E-state index in [0.29, 0.717) is 17.7 Å². The Morgan fingerprint density at radius 2 is 2.25 bits per heavy atom. The fourth-order valence-electron chi connectivity index (χ4n) is 3.11. The molecular weight excluding hydrogens is 252 g/mol. The summed E-state index contributed by atoms with van der Waals surface area (Å²) in [7, 11) is 0. The first-order chi connectivity index (χ1) is 9.81. The molecule has 2 aliphatic rings. The molecule has 0 spiro atoms. The van der Waals surface area contributed by atoms with Crippen LogP contribution >= 0.6 is 0 Å². The number of amides is 1. The number of pyridine rings is 1. The minimum absolute atomic E-state index is 0.342. The van der Waals surface area contributed by atoms with Gasteiger partial charge in [-0.25, -0.2) is 4.98 Å². The molecule has 104 valence electrons. The fourth-order valence-corrected chi connectivity index (χ4v) is 3.11.